The number of fused-ring (bicyclic) bond motifs is 8. The first-order chi connectivity index (χ1) is 43.2. The van der Waals surface area contributed by atoms with E-state index in [0.29, 0.717) is 41.2 Å². The molecule has 2 amide bonds. The predicted molar refractivity (Wildman–Crippen MR) is 327 cm³/mol. The summed E-state index contributed by atoms with van der Waals surface area (Å²) < 4.78 is 52.3. The predicted octanol–water partition coefficient (Wildman–Crippen LogP) is 6.61. The van der Waals surface area contributed by atoms with Gasteiger partial charge in [-0.3, -0.25) is 28.8 Å². The van der Waals surface area contributed by atoms with Crippen LogP contribution in [-0.4, -0.2) is 140 Å². The number of benzene rings is 4. The molecule has 5 aromatic rings. The van der Waals surface area contributed by atoms with Gasteiger partial charge in [-0.15, -0.1) is 0 Å². The molecule has 10 rings (SSSR count). The highest BCUT2D eigenvalue weighted by molar-refractivity contribution is 5.96. The lowest BCUT2D eigenvalue weighted by Gasteiger charge is -2.67. The number of aryl methyl sites for hydroxylation is 1. The van der Waals surface area contributed by atoms with Crippen molar-refractivity contribution in [3.05, 3.63) is 164 Å². The summed E-state index contributed by atoms with van der Waals surface area (Å²) in [5.74, 6) is -5.24. The van der Waals surface area contributed by atoms with Gasteiger partial charge in [0.25, 0.3) is 5.91 Å². The lowest BCUT2D eigenvalue weighted by molar-refractivity contribution is -0.346. The zero-order chi connectivity index (χ0) is 66.1. The molecule has 0 unspecified atom stereocenters. The number of ether oxygens (including phenoxy) is 9. The van der Waals surface area contributed by atoms with Crippen LogP contribution in [0.4, 0.5) is 0 Å². The number of ketones is 1. The Hall–Kier alpha value is -8.96. The number of amides is 2. The molecule has 1 heterocycles. The SMILES string of the molecule is CC(=O)O[C@H]1C(=O)[C@@]2(C)[C@H]([C@H](OC(=O)c3ccccc3)[C@]3(O)C[C@H](OC(=O)[C@H](O)[C@@H](NC(=O)c4ccccc4)c4ccccc4)C(C)=C1C3(C)C)[C@]1(OC(C)=O)CO[C@@H]1C[C@@H]2O.COc1cc2c(c(OC)c1OC)-c1ccc(OC)c(=O)cc1[C@@H](NC(C)=O)CC2. The van der Waals surface area contributed by atoms with Gasteiger partial charge in [0.15, 0.2) is 40.8 Å². The highest BCUT2D eigenvalue weighted by Crippen LogP contribution is 2.65. The zero-order valence-corrected chi connectivity index (χ0v) is 52.5. The maximum Gasteiger partial charge on any atom is 0.338 e. The molecule has 482 valence electrons. The third kappa shape index (κ3) is 12.2. The Kier molecular flexibility index (Phi) is 19.3. The minimum atomic E-state index is -2.39. The lowest BCUT2D eigenvalue weighted by atomic mass is 9.44. The molecular formula is C69H76N2O20. The summed E-state index contributed by atoms with van der Waals surface area (Å²) in [7, 11) is 6.14. The Balaban J connectivity index is 0.000000282. The molecule has 5 N–H and O–H groups in total. The van der Waals surface area contributed by atoms with Gasteiger partial charge < -0.3 is 68.6 Å². The van der Waals surface area contributed by atoms with Crippen molar-refractivity contribution in [3.8, 4) is 34.1 Å². The number of Topliss-reactive ketones (excluding diaryl/α,β-unsaturated/α-hetero) is 1. The van der Waals surface area contributed by atoms with Gasteiger partial charge in [-0.1, -0.05) is 86.6 Å². The van der Waals surface area contributed by atoms with Crippen LogP contribution in [-0.2, 0) is 54.1 Å². The van der Waals surface area contributed by atoms with E-state index >= 15 is 4.79 Å². The Morgan fingerprint density at radius 2 is 1.34 bits per heavy atom. The first-order valence-corrected chi connectivity index (χ1v) is 29.7. The molecule has 0 aromatic heterocycles. The molecule has 0 radical (unpaired) electrons. The molecule has 91 heavy (non-hydrogen) atoms. The van der Waals surface area contributed by atoms with Crippen molar-refractivity contribution in [2.24, 2.45) is 16.7 Å². The monoisotopic (exact) mass is 1250 g/mol. The van der Waals surface area contributed by atoms with Gasteiger partial charge in [0.05, 0.1) is 70.1 Å². The normalized spacial score (nSPS) is 26.4. The average molecular weight is 1250 g/mol. The van der Waals surface area contributed by atoms with Crippen LogP contribution >= 0.6 is 0 Å². The second kappa shape index (κ2) is 26.5. The third-order valence-corrected chi connectivity index (χ3v) is 18.6. The smallest absolute Gasteiger partial charge is 0.338 e. The van der Waals surface area contributed by atoms with Crippen molar-refractivity contribution in [1.82, 2.24) is 10.6 Å². The van der Waals surface area contributed by atoms with E-state index in [-0.39, 0.29) is 58.4 Å². The van der Waals surface area contributed by atoms with Crippen molar-refractivity contribution < 1.29 is 91.5 Å². The van der Waals surface area contributed by atoms with E-state index in [1.807, 2.05) is 12.1 Å². The molecule has 2 saturated carbocycles. The van der Waals surface area contributed by atoms with E-state index in [1.165, 1.54) is 46.1 Å². The fourth-order valence-corrected chi connectivity index (χ4v) is 14.0. The summed E-state index contributed by atoms with van der Waals surface area (Å²) in [5, 5.41) is 43.2. The lowest BCUT2D eigenvalue weighted by Crippen LogP contribution is -2.82. The Bertz CT molecular complexity index is 3730. The van der Waals surface area contributed by atoms with Gasteiger partial charge in [0, 0.05) is 50.2 Å². The van der Waals surface area contributed by atoms with Gasteiger partial charge in [-0.05, 0) is 103 Å². The standard InChI is InChI=1S/C47H51NO14.C22H25NO6/c1-25-31(60-43(56)36(52)35(28-16-10-7-11-17-28)48-41(54)29-18-12-8-13-19-29)23-47(57)40(61-42(55)30-20-14-9-15-21-30)38-45(6,32(51)22-33-46(38,24-58-33)62-27(3)50)39(53)37(59-26(2)49)34(25)44(47,4)5;1-12(24)23-16-8-6-13-10-19(27-3)21(28-4)22(29-5)20(13)14-7-9-18(26-2)17(25)11-15(14)16/h7-21,31-33,35-38,40,51-52,57H,22-24H2,1-6H3,(H,48,54);7,9-11,16H,6,8H2,1-5H3,(H,23,24)/t31-,32-,33+,35-,36+,37+,38-,40-,45+,46-,47+;16-/m00/s1. The number of nitrogens with one attached hydrogen (secondary N) is 2. The van der Waals surface area contributed by atoms with Crippen LogP contribution in [0.1, 0.15) is 117 Å². The summed E-state index contributed by atoms with van der Waals surface area (Å²) >= 11 is 0. The summed E-state index contributed by atoms with van der Waals surface area (Å²) in [6.07, 6.45) is -9.24. The van der Waals surface area contributed by atoms with Crippen LogP contribution in [0.15, 0.2) is 131 Å². The largest absolute Gasteiger partial charge is 0.493 e. The van der Waals surface area contributed by atoms with Crippen LogP contribution in [0.5, 0.6) is 23.0 Å². The van der Waals surface area contributed by atoms with E-state index in [1.54, 1.807) is 120 Å². The molecule has 3 fully saturated rings. The van der Waals surface area contributed by atoms with E-state index in [2.05, 4.69) is 10.6 Å². The van der Waals surface area contributed by atoms with Crippen molar-refractivity contribution in [3.63, 3.8) is 0 Å². The van der Waals surface area contributed by atoms with E-state index in [9.17, 15) is 48.9 Å². The van der Waals surface area contributed by atoms with Crippen molar-refractivity contribution in [2.45, 2.75) is 134 Å². The Morgan fingerprint density at radius 1 is 0.725 bits per heavy atom. The number of aliphatic hydroxyl groups excluding tert-OH is 2. The van der Waals surface area contributed by atoms with Crippen LogP contribution < -0.4 is 35.0 Å². The van der Waals surface area contributed by atoms with E-state index < -0.39 is 113 Å². The van der Waals surface area contributed by atoms with Gasteiger partial charge in [0.1, 0.15) is 23.9 Å². The van der Waals surface area contributed by atoms with Crippen LogP contribution in [0.25, 0.3) is 11.1 Å². The molecule has 5 aromatic carbocycles. The van der Waals surface area contributed by atoms with Crippen molar-refractivity contribution in [2.75, 3.05) is 35.0 Å². The molecule has 4 aliphatic carbocycles. The maximum atomic E-state index is 15.5. The zero-order valence-electron chi connectivity index (χ0n) is 52.5. The summed E-state index contributed by atoms with van der Waals surface area (Å²) in [5.41, 5.74) is -4.01. The average Bonchev–Trinajstić information content (AvgIpc) is 0.931. The summed E-state index contributed by atoms with van der Waals surface area (Å²) in [6, 6.07) is 29.5. The topological polar surface area (TPSA) is 304 Å². The van der Waals surface area contributed by atoms with E-state index in [4.69, 9.17) is 42.6 Å². The molecule has 1 aliphatic heterocycles. The van der Waals surface area contributed by atoms with E-state index in [0.717, 1.165) is 30.5 Å². The molecule has 12 atom stereocenters. The summed E-state index contributed by atoms with van der Waals surface area (Å²) in [4.78, 5) is 108. The molecular weight excluding hydrogens is 1180 g/mol. The van der Waals surface area contributed by atoms with Gasteiger partial charge >= 0.3 is 23.9 Å². The number of methoxy groups -OCH3 is 4. The third-order valence-electron chi connectivity index (χ3n) is 18.6. The highest BCUT2D eigenvalue weighted by Gasteiger charge is 2.78. The van der Waals surface area contributed by atoms with Gasteiger partial charge in [-0.2, -0.15) is 0 Å². The van der Waals surface area contributed by atoms with Crippen molar-refractivity contribution in [1.29, 1.82) is 0 Å². The minimum absolute atomic E-state index is 0.00289. The number of hydrogen-bond donors (Lipinski definition) is 5. The summed E-state index contributed by atoms with van der Waals surface area (Å²) in [6.45, 7) is 9.44. The molecule has 1 saturated heterocycles. The number of aliphatic hydroxyl groups is 3. The molecule has 22 heteroatoms. The highest BCUT2D eigenvalue weighted by atomic mass is 16.6. The fourth-order valence-electron chi connectivity index (χ4n) is 14.0. The van der Waals surface area contributed by atoms with Gasteiger partial charge in [0.2, 0.25) is 17.1 Å². The molecule has 2 bridgehead atoms. The minimum Gasteiger partial charge on any atom is -0.493 e. The molecule has 5 aliphatic rings. The number of esters is 4. The molecule has 0 spiro atoms. The Morgan fingerprint density at radius 3 is 1.90 bits per heavy atom. The first-order valence-electron chi connectivity index (χ1n) is 29.7. The second-order valence-electron chi connectivity index (χ2n) is 24.1. The number of carbonyl (C=O) groups is 7. The quantitative estimate of drug-likeness (QED) is 0.0418. The fraction of sp³-hybridized carbons (Fsp3) is 0.420. The molecule has 22 nitrogen and oxygen atoms in total. The number of rotatable bonds is 15. The number of hydrogen-bond acceptors (Lipinski definition) is 20. The van der Waals surface area contributed by atoms with Crippen LogP contribution in [0, 0.1) is 16.7 Å². The van der Waals surface area contributed by atoms with Gasteiger partial charge in [-0.25, -0.2) is 9.59 Å². The van der Waals surface area contributed by atoms with Crippen LogP contribution in [0.2, 0.25) is 0 Å². The van der Waals surface area contributed by atoms with Crippen LogP contribution in [0.3, 0.4) is 0 Å². The first kappa shape index (κ1) is 66.5. The Labute approximate surface area is 526 Å². The maximum absolute atomic E-state index is 15.5. The second-order valence-corrected chi connectivity index (χ2v) is 24.1. The van der Waals surface area contributed by atoms with Crippen molar-refractivity contribution >= 4 is 41.5 Å². The number of carbonyl (C=O) groups excluding carboxylic acids is 7.